The largest absolute Gasteiger partial charge is 0.298 e. The van der Waals surface area contributed by atoms with Crippen LogP contribution in [0, 0.1) is 0 Å². The zero-order valence-corrected chi connectivity index (χ0v) is 19.0. The first-order valence-corrected chi connectivity index (χ1v) is 12.1. The summed E-state index contributed by atoms with van der Waals surface area (Å²) < 4.78 is 0. The fourth-order valence-electron chi connectivity index (χ4n) is 3.53. The number of aromatic nitrogens is 2. The fourth-order valence-corrected chi connectivity index (χ4v) is 5.43. The van der Waals surface area contributed by atoms with E-state index in [-0.39, 0.29) is 11.8 Å². The number of nitrogens with zero attached hydrogens (tertiary/aromatic N) is 3. The van der Waals surface area contributed by atoms with Crippen LogP contribution in [-0.4, -0.2) is 21.8 Å². The molecule has 0 unspecified atom stereocenters. The zero-order valence-electron chi connectivity index (χ0n) is 17.3. The standard InChI is InChI=1S/C23H24N4O2S2/c1-16(28)27(18-9-5-4-6-10-18)23-24-17(15-30-23)13-14-21(29)26-22-25-19-11-7-2-3-8-12-20(19)31-22/h4-6,9-10,13-15H,2-3,7-8,11-12H2,1H3,(H,25,26,29)/b14-13+. The molecule has 2 amide bonds. The second-order valence-corrected chi connectivity index (χ2v) is 9.29. The van der Waals surface area contributed by atoms with Gasteiger partial charge in [-0.25, -0.2) is 9.97 Å². The molecule has 0 spiro atoms. The van der Waals surface area contributed by atoms with Crippen molar-refractivity contribution in [2.45, 2.75) is 45.4 Å². The number of carbonyl (C=O) groups is 2. The summed E-state index contributed by atoms with van der Waals surface area (Å²) in [5, 5.41) is 5.93. The minimum absolute atomic E-state index is 0.117. The molecule has 6 nitrogen and oxygen atoms in total. The van der Waals surface area contributed by atoms with E-state index in [0.717, 1.165) is 30.6 Å². The number of hydrogen-bond acceptors (Lipinski definition) is 6. The van der Waals surface area contributed by atoms with Crippen molar-refractivity contribution >= 4 is 56.5 Å². The van der Waals surface area contributed by atoms with E-state index in [0.29, 0.717) is 16.0 Å². The third-order valence-corrected chi connectivity index (χ3v) is 6.93. The number of thiazole rings is 2. The molecule has 31 heavy (non-hydrogen) atoms. The van der Waals surface area contributed by atoms with Crippen LogP contribution < -0.4 is 10.2 Å². The Balaban J connectivity index is 1.42. The summed E-state index contributed by atoms with van der Waals surface area (Å²) in [6.07, 6.45) is 10.0. The lowest BCUT2D eigenvalue weighted by Gasteiger charge is -2.17. The lowest BCUT2D eigenvalue weighted by atomic mass is 10.0. The molecule has 1 N–H and O–H groups in total. The molecule has 0 saturated heterocycles. The number of rotatable bonds is 5. The van der Waals surface area contributed by atoms with Crippen LogP contribution in [0.5, 0.6) is 0 Å². The zero-order chi connectivity index (χ0) is 21.6. The van der Waals surface area contributed by atoms with Gasteiger partial charge in [0.2, 0.25) is 11.8 Å². The lowest BCUT2D eigenvalue weighted by molar-refractivity contribution is -0.116. The Morgan fingerprint density at radius 2 is 1.84 bits per heavy atom. The van der Waals surface area contributed by atoms with Crippen molar-refractivity contribution in [1.29, 1.82) is 0 Å². The monoisotopic (exact) mass is 452 g/mol. The van der Waals surface area contributed by atoms with Crippen LogP contribution in [0.15, 0.2) is 41.8 Å². The molecule has 1 aromatic carbocycles. The number of amides is 2. The minimum atomic E-state index is -0.234. The molecule has 0 aliphatic heterocycles. The maximum Gasteiger partial charge on any atom is 0.250 e. The Labute approximate surface area is 189 Å². The molecule has 0 atom stereocenters. The fraction of sp³-hybridized carbons (Fsp3) is 0.304. The van der Waals surface area contributed by atoms with E-state index in [1.807, 2.05) is 35.7 Å². The minimum Gasteiger partial charge on any atom is -0.298 e. The highest BCUT2D eigenvalue weighted by molar-refractivity contribution is 7.16. The molecule has 0 saturated carbocycles. The molecule has 1 aliphatic carbocycles. The first-order valence-electron chi connectivity index (χ1n) is 10.4. The predicted molar refractivity (Wildman–Crippen MR) is 127 cm³/mol. The highest BCUT2D eigenvalue weighted by atomic mass is 32.1. The lowest BCUT2D eigenvalue weighted by Crippen LogP contribution is -2.22. The predicted octanol–water partition coefficient (Wildman–Crippen LogP) is 5.60. The van der Waals surface area contributed by atoms with E-state index >= 15 is 0 Å². The first-order chi connectivity index (χ1) is 15.1. The van der Waals surface area contributed by atoms with Crippen LogP contribution in [0.1, 0.15) is 48.9 Å². The summed E-state index contributed by atoms with van der Waals surface area (Å²) in [6.45, 7) is 1.51. The van der Waals surface area contributed by atoms with Crippen molar-refractivity contribution in [1.82, 2.24) is 9.97 Å². The smallest absolute Gasteiger partial charge is 0.250 e. The molecule has 160 valence electrons. The van der Waals surface area contributed by atoms with E-state index < -0.39 is 0 Å². The number of anilines is 3. The van der Waals surface area contributed by atoms with E-state index in [9.17, 15) is 9.59 Å². The van der Waals surface area contributed by atoms with Gasteiger partial charge < -0.3 is 0 Å². The van der Waals surface area contributed by atoms with Crippen LogP contribution in [0.2, 0.25) is 0 Å². The Morgan fingerprint density at radius 1 is 1.06 bits per heavy atom. The maximum absolute atomic E-state index is 12.4. The van der Waals surface area contributed by atoms with Crippen molar-refractivity contribution in [3.8, 4) is 0 Å². The van der Waals surface area contributed by atoms with E-state index in [1.54, 1.807) is 22.3 Å². The summed E-state index contributed by atoms with van der Waals surface area (Å²) in [6, 6.07) is 9.39. The second-order valence-electron chi connectivity index (χ2n) is 7.37. The first kappa shape index (κ1) is 21.4. The number of carbonyl (C=O) groups excluding carboxylic acids is 2. The van der Waals surface area contributed by atoms with E-state index in [4.69, 9.17) is 0 Å². The summed E-state index contributed by atoms with van der Waals surface area (Å²) in [7, 11) is 0. The van der Waals surface area contributed by atoms with Crippen molar-refractivity contribution in [3.05, 3.63) is 58.1 Å². The topological polar surface area (TPSA) is 75.2 Å². The Morgan fingerprint density at radius 3 is 2.61 bits per heavy atom. The van der Waals surface area contributed by atoms with Gasteiger partial charge in [0.05, 0.1) is 17.1 Å². The molecular formula is C23H24N4O2S2. The summed E-state index contributed by atoms with van der Waals surface area (Å²) in [5.41, 5.74) is 2.53. The number of para-hydroxylation sites is 1. The van der Waals surface area contributed by atoms with Gasteiger partial charge in [-0.15, -0.1) is 22.7 Å². The van der Waals surface area contributed by atoms with Crippen LogP contribution >= 0.6 is 22.7 Å². The van der Waals surface area contributed by atoms with Gasteiger partial charge in [-0.2, -0.15) is 0 Å². The number of aryl methyl sites for hydroxylation is 2. The molecule has 1 aliphatic rings. The Bertz CT molecular complexity index is 1060. The van der Waals surface area contributed by atoms with Crippen LogP contribution in [0.3, 0.4) is 0 Å². The van der Waals surface area contributed by atoms with Gasteiger partial charge in [-0.1, -0.05) is 31.0 Å². The highest BCUT2D eigenvalue weighted by Crippen LogP contribution is 2.30. The summed E-state index contributed by atoms with van der Waals surface area (Å²) in [5.74, 6) is -0.351. The van der Waals surface area contributed by atoms with Crippen LogP contribution in [0.4, 0.5) is 16.0 Å². The second kappa shape index (κ2) is 9.98. The van der Waals surface area contributed by atoms with Gasteiger partial charge >= 0.3 is 0 Å². The van der Waals surface area contributed by atoms with E-state index in [1.165, 1.54) is 48.5 Å². The molecule has 0 bridgehead atoms. The molecule has 2 aromatic heterocycles. The SMILES string of the molecule is CC(=O)N(c1ccccc1)c1nc(/C=C/C(=O)Nc2nc3c(s2)CCCCCC3)cs1. The van der Waals surface area contributed by atoms with E-state index in [2.05, 4.69) is 15.3 Å². The van der Waals surface area contributed by atoms with Gasteiger partial charge in [0.1, 0.15) is 0 Å². The summed E-state index contributed by atoms with van der Waals surface area (Å²) in [4.78, 5) is 36.5. The third-order valence-electron chi connectivity index (χ3n) is 5.01. The normalized spacial score (nSPS) is 14.0. The van der Waals surface area contributed by atoms with Gasteiger partial charge in [-0.05, 0) is 43.9 Å². The van der Waals surface area contributed by atoms with Crippen molar-refractivity contribution in [2.24, 2.45) is 0 Å². The molecule has 8 heteroatoms. The van der Waals surface area contributed by atoms with Gasteiger partial charge in [0.25, 0.3) is 0 Å². The molecule has 4 rings (SSSR count). The Kier molecular flexibility index (Phi) is 6.89. The van der Waals surface area contributed by atoms with Gasteiger partial charge in [-0.3, -0.25) is 19.8 Å². The van der Waals surface area contributed by atoms with Crippen LogP contribution in [-0.2, 0) is 22.4 Å². The summed E-state index contributed by atoms with van der Waals surface area (Å²) >= 11 is 2.94. The van der Waals surface area contributed by atoms with Crippen molar-refractivity contribution in [2.75, 3.05) is 10.2 Å². The molecule has 3 aromatic rings. The molecule has 2 heterocycles. The average molecular weight is 453 g/mol. The number of benzene rings is 1. The van der Waals surface area contributed by atoms with Crippen LogP contribution in [0.25, 0.3) is 6.08 Å². The Hall–Kier alpha value is -2.84. The molecule has 0 fully saturated rings. The molecule has 0 radical (unpaired) electrons. The van der Waals surface area contributed by atoms with Gasteiger partial charge in [0.15, 0.2) is 10.3 Å². The average Bonchev–Trinajstić information content (AvgIpc) is 3.34. The number of fused-ring (bicyclic) bond motifs is 1. The molecular weight excluding hydrogens is 428 g/mol. The number of nitrogens with one attached hydrogen (secondary N) is 1. The quantitative estimate of drug-likeness (QED) is 0.512. The van der Waals surface area contributed by atoms with Crippen molar-refractivity contribution in [3.63, 3.8) is 0 Å². The van der Waals surface area contributed by atoms with Gasteiger partial charge in [0, 0.05) is 23.3 Å². The maximum atomic E-state index is 12.4. The third kappa shape index (κ3) is 5.45. The van der Waals surface area contributed by atoms with Crippen molar-refractivity contribution < 1.29 is 9.59 Å². The highest BCUT2D eigenvalue weighted by Gasteiger charge is 2.17. The number of hydrogen-bond donors (Lipinski definition) is 1.